The Morgan fingerprint density at radius 2 is 0.875 bits per heavy atom. The monoisotopic (exact) mass is 234 g/mol. The Morgan fingerprint density at radius 3 is 1.06 bits per heavy atom. The summed E-state index contributed by atoms with van der Waals surface area (Å²) in [7, 11) is 0. The lowest BCUT2D eigenvalue weighted by atomic mass is 9.99. The lowest BCUT2D eigenvalue weighted by Crippen LogP contribution is -2.19. The van der Waals surface area contributed by atoms with Crippen LogP contribution in [0.25, 0.3) is 0 Å². The first-order valence-corrected chi connectivity index (χ1v) is 5.36. The predicted octanol–water partition coefficient (Wildman–Crippen LogP) is 4.38. The van der Waals surface area contributed by atoms with E-state index in [1.165, 1.54) is 0 Å². The highest BCUT2D eigenvalue weighted by molar-refractivity contribution is 4.60. The van der Waals surface area contributed by atoms with Crippen molar-refractivity contribution in [3.8, 4) is 0 Å². The van der Waals surface area contributed by atoms with Gasteiger partial charge in [0.05, 0.1) is 26.4 Å². The van der Waals surface area contributed by atoms with Gasteiger partial charge in [0, 0.05) is 0 Å². The molecule has 0 aliphatic heterocycles. The maximum Gasteiger partial charge on any atom is 0.0700 e. The molecule has 0 fully saturated rings. The number of hydrogen-bond donors (Lipinski definition) is 0. The minimum atomic E-state index is 0. The summed E-state index contributed by atoms with van der Waals surface area (Å²) in [5.74, 6) is 0. The molecule has 0 unspecified atom stereocenters. The van der Waals surface area contributed by atoms with Crippen molar-refractivity contribution >= 4 is 0 Å². The number of hydrogen-bond acceptors (Lipinski definition) is 2. The van der Waals surface area contributed by atoms with Crippen LogP contribution in [0.4, 0.5) is 0 Å². The molecule has 102 valence electrons. The molecule has 0 aliphatic rings. The summed E-state index contributed by atoms with van der Waals surface area (Å²) >= 11 is 0. The fourth-order valence-corrected chi connectivity index (χ4v) is 0.875. The first-order valence-electron chi connectivity index (χ1n) is 5.36. The fraction of sp³-hybridized carbons (Fsp3) is 1.00. The minimum absolute atomic E-state index is 0. The molecule has 0 rings (SSSR count). The van der Waals surface area contributed by atoms with Crippen LogP contribution in [0.3, 0.4) is 0 Å². The average Bonchev–Trinajstić information content (AvgIpc) is 1.92. The topological polar surface area (TPSA) is 18.5 Å². The van der Waals surface area contributed by atoms with Crippen LogP contribution in [-0.2, 0) is 9.47 Å². The average molecular weight is 234 g/mol. The molecule has 0 aliphatic carbocycles. The predicted molar refractivity (Wildman–Crippen MR) is 74.0 cm³/mol. The third-order valence-electron chi connectivity index (χ3n) is 1.44. The summed E-state index contributed by atoms with van der Waals surface area (Å²) in [4.78, 5) is 0. The van der Waals surface area contributed by atoms with Gasteiger partial charge in [0.1, 0.15) is 0 Å². The molecule has 0 heterocycles. The van der Waals surface area contributed by atoms with Gasteiger partial charge in [0.25, 0.3) is 0 Å². The van der Waals surface area contributed by atoms with Crippen LogP contribution in [0.2, 0.25) is 0 Å². The van der Waals surface area contributed by atoms with E-state index in [0.29, 0.717) is 13.2 Å². The standard InChI is InChI=1S/C12H26O2.2CH4/c1-11(2,3)9-13-7-8-14-10-12(4,5)6;;/h7-10H2,1-6H3;2*1H4. The lowest BCUT2D eigenvalue weighted by Gasteiger charge is -2.20. The Labute approximate surface area is 104 Å². The second kappa shape index (κ2) is 9.00. The zero-order chi connectivity index (χ0) is 11.2. The molecule has 0 atom stereocenters. The summed E-state index contributed by atoms with van der Waals surface area (Å²) in [6, 6.07) is 0. The molecule has 2 nitrogen and oxygen atoms in total. The molecule has 0 bridgehead atoms. The second-order valence-electron chi connectivity index (χ2n) is 6.23. The van der Waals surface area contributed by atoms with Crippen molar-refractivity contribution in [3.63, 3.8) is 0 Å². The second-order valence-corrected chi connectivity index (χ2v) is 6.23. The Balaban J connectivity index is -0.000000845. The minimum Gasteiger partial charge on any atom is -0.379 e. The highest BCUT2D eigenvalue weighted by Crippen LogP contribution is 2.13. The number of ether oxygens (including phenoxy) is 2. The zero-order valence-electron chi connectivity index (χ0n) is 10.6. The maximum absolute atomic E-state index is 5.49. The van der Waals surface area contributed by atoms with Crippen molar-refractivity contribution in [2.45, 2.75) is 56.4 Å². The molecule has 0 aromatic heterocycles. The van der Waals surface area contributed by atoms with Crippen molar-refractivity contribution in [1.82, 2.24) is 0 Å². The molecule has 0 aromatic carbocycles. The first-order chi connectivity index (χ1) is 6.21. The van der Waals surface area contributed by atoms with Gasteiger partial charge in [-0.1, -0.05) is 56.4 Å². The van der Waals surface area contributed by atoms with Crippen molar-refractivity contribution in [1.29, 1.82) is 0 Å². The highest BCUT2D eigenvalue weighted by Gasteiger charge is 2.11. The Bertz CT molecular complexity index is 122. The van der Waals surface area contributed by atoms with Gasteiger partial charge in [0.2, 0.25) is 0 Å². The van der Waals surface area contributed by atoms with Gasteiger partial charge in [-0.05, 0) is 10.8 Å². The molecular formula is C14H34O2. The van der Waals surface area contributed by atoms with Gasteiger partial charge in [-0.25, -0.2) is 0 Å². The zero-order valence-corrected chi connectivity index (χ0v) is 10.6. The SMILES string of the molecule is C.C.CC(C)(C)COCCOCC(C)(C)C. The number of rotatable bonds is 5. The van der Waals surface area contributed by atoms with Crippen LogP contribution in [0, 0.1) is 10.8 Å². The molecule has 0 N–H and O–H groups in total. The Kier molecular flexibility index (Phi) is 11.9. The maximum atomic E-state index is 5.49. The lowest BCUT2D eigenvalue weighted by molar-refractivity contribution is 0.000732. The molecule has 0 saturated heterocycles. The van der Waals surface area contributed by atoms with E-state index in [2.05, 4.69) is 41.5 Å². The normalized spacial score (nSPS) is 11.6. The van der Waals surface area contributed by atoms with Crippen molar-refractivity contribution < 1.29 is 9.47 Å². The summed E-state index contributed by atoms with van der Waals surface area (Å²) < 4.78 is 11.0. The molecule has 2 heteroatoms. The van der Waals surface area contributed by atoms with Gasteiger partial charge in [0.15, 0.2) is 0 Å². The summed E-state index contributed by atoms with van der Waals surface area (Å²) in [6.07, 6.45) is 0. The Hall–Kier alpha value is -0.0800. The molecule has 0 amide bonds. The van der Waals surface area contributed by atoms with Crippen molar-refractivity contribution in [3.05, 3.63) is 0 Å². The van der Waals surface area contributed by atoms with Crippen LogP contribution in [0.1, 0.15) is 56.4 Å². The van der Waals surface area contributed by atoms with Crippen LogP contribution < -0.4 is 0 Å². The van der Waals surface area contributed by atoms with Gasteiger partial charge < -0.3 is 9.47 Å². The van der Waals surface area contributed by atoms with E-state index in [-0.39, 0.29) is 25.7 Å². The Morgan fingerprint density at radius 1 is 0.625 bits per heavy atom. The highest BCUT2D eigenvalue weighted by atomic mass is 16.5. The van der Waals surface area contributed by atoms with Gasteiger partial charge in [-0.3, -0.25) is 0 Å². The van der Waals surface area contributed by atoms with Crippen molar-refractivity contribution in [2.24, 2.45) is 10.8 Å². The third kappa shape index (κ3) is 19.5. The van der Waals surface area contributed by atoms with Crippen LogP contribution >= 0.6 is 0 Å². The smallest absolute Gasteiger partial charge is 0.0700 e. The fourth-order valence-electron chi connectivity index (χ4n) is 0.875. The first kappa shape index (κ1) is 21.2. The van der Waals surface area contributed by atoms with E-state index < -0.39 is 0 Å². The van der Waals surface area contributed by atoms with Crippen LogP contribution in [0.5, 0.6) is 0 Å². The van der Waals surface area contributed by atoms with E-state index in [1.807, 2.05) is 0 Å². The quantitative estimate of drug-likeness (QED) is 0.657. The van der Waals surface area contributed by atoms with Gasteiger partial charge >= 0.3 is 0 Å². The molecule has 16 heavy (non-hydrogen) atoms. The van der Waals surface area contributed by atoms with Gasteiger partial charge in [-0.2, -0.15) is 0 Å². The molecular weight excluding hydrogens is 200 g/mol. The molecule has 0 radical (unpaired) electrons. The van der Waals surface area contributed by atoms with E-state index in [9.17, 15) is 0 Å². The van der Waals surface area contributed by atoms with Crippen LogP contribution in [0.15, 0.2) is 0 Å². The molecule has 0 spiro atoms. The summed E-state index contributed by atoms with van der Waals surface area (Å²) in [5, 5.41) is 0. The van der Waals surface area contributed by atoms with E-state index in [0.717, 1.165) is 13.2 Å². The largest absolute Gasteiger partial charge is 0.379 e. The van der Waals surface area contributed by atoms with Crippen LogP contribution in [-0.4, -0.2) is 26.4 Å². The summed E-state index contributed by atoms with van der Waals surface area (Å²) in [6.45, 7) is 16.0. The van der Waals surface area contributed by atoms with E-state index in [4.69, 9.17) is 9.47 Å². The van der Waals surface area contributed by atoms with Gasteiger partial charge in [-0.15, -0.1) is 0 Å². The molecule has 0 saturated carbocycles. The summed E-state index contributed by atoms with van der Waals surface area (Å²) in [5.41, 5.74) is 0.508. The van der Waals surface area contributed by atoms with E-state index >= 15 is 0 Å². The third-order valence-corrected chi connectivity index (χ3v) is 1.44. The van der Waals surface area contributed by atoms with Crippen molar-refractivity contribution in [2.75, 3.05) is 26.4 Å². The van der Waals surface area contributed by atoms with E-state index in [1.54, 1.807) is 0 Å². The molecule has 0 aromatic rings.